The standard InChI is InChI=1S/C22H17Cl2N3O3/c23-17-7-9-18(10-8-17)26-21(28)14-30-20-11-6-15(12-19(20)24)13-25-27-22(29)16-4-2-1-3-5-16/h1-13H,14H2,(H,26,28)(H,27,29)/b25-13+. The normalized spacial score (nSPS) is 10.6. The Labute approximate surface area is 183 Å². The van der Waals surface area contributed by atoms with Crippen molar-refractivity contribution >= 4 is 46.9 Å². The maximum absolute atomic E-state index is 12.0. The molecule has 0 aliphatic carbocycles. The molecule has 0 spiro atoms. The van der Waals surface area contributed by atoms with Crippen LogP contribution in [0.3, 0.4) is 0 Å². The lowest BCUT2D eigenvalue weighted by atomic mass is 10.2. The van der Waals surface area contributed by atoms with Crippen molar-refractivity contribution in [1.82, 2.24) is 5.43 Å². The van der Waals surface area contributed by atoms with E-state index in [-0.39, 0.29) is 18.4 Å². The number of benzene rings is 3. The quantitative estimate of drug-likeness (QED) is 0.409. The molecule has 0 heterocycles. The molecule has 0 fully saturated rings. The second-order valence-corrected chi connectivity index (χ2v) is 6.94. The van der Waals surface area contributed by atoms with Gasteiger partial charge in [-0.1, -0.05) is 41.4 Å². The molecule has 8 heteroatoms. The van der Waals surface area contributed by atoms with Crippen molar-refractivity contribution in [2.24, 2.45) is 5.10 Å². The van der Waals surface area contributed by atoms with Gasteiger partial charge in [0.25, 0.3) is 11.8 Å². The number of nitrogens with one attached hydrogen (secondary N) is 2. The van der Waals surface area contributed by atoms with Crippen LogP contribution in [0.25, 0.3) is 0 Å². The first-order chi connectivity index (χ1) is 14.5. The summed E-state index contributed by atoms with van der Waals surface area (Å²) in [5.41, 5.74) is 4.22. The number of anilines is 1. The van der Waals surface area contributed by atoms with Crippen LogP contribution >= 0.6 is 23.2 Å². The summed E-state index contributed by atoms with van der Waals surface area (Å²) in [5, 5.41) is 7.51. The molecule has 0 saturated carbocycles. The first kappa shape index (κ1) is 21.4. The van der Waals surface area contributed by atoms with Crippen LogP contribution in [-0.2, 0) is 4.79 Å². The van der Waals surface area contributed by atoms with E-state index >= 15 is 0 Å². The topological polar surface area (TPSA) is 79.8 Å². The van der Waals surface area contributed by atoms with Crippen molar-refractivity contribution < 1.29 is 14.3 Å². The van der Waals surface area contributed by atoms with Gasteiger partial charge in [0.05, 0.1) is 11.2 Å². The Balaban J connectivity index is 1.51. The van der Waals surface area contributed by atoms with Gasteiger partial charge in [-0.2, -0.15) is 5.10 Å². The van der Waals surface area contributed by atoms with Crippen molar-refractivity contribution in [2.75, 3.05) is 11.9 Å². The number of ether oxygens (including phenoxy) is 1. The van der Waals surface area contributed by atoms with Crippen molar-refractivity contribution in [2.45, 2.75) is 0 Å². The summed E-state index contributed by atoms with van der Waals surface area (Å²) in [6.07, 6.45) is 1.46. The van der Waals surface area contributed by atoms with Crippen molar-refractivity contribution in [3.8, 4) is 5.75 Å². The van der Waals surface area contributed by atoms with E-state index in [9.17, 15) is 9.59 Å². The molecule has 3 aromatic carbocycles. The van der Waals surface area contributed by atoms with Gasteiger partial charge in [-0.15, -0.1) is 0 Å². The number of hydrogen-bond acceptors (Lipinski definition) is 4. The molecule has 0 bridgehead atoms. The fourth-order valence-corrected chi connectivity index (χ4v) is 2.78. The van der Waals surface area contributed by atoms with Gasteiger partial charge in [-0.25, -0.2) is 5.43 Å². The number of carbonyl (C=O) groups excluding carboxylic acids is 2. The molecular formula is C22H17Cl2N3O3. The first-order valence-corrected chi connectivity index (χ1v) is 9.63. The van der Waals surface area contributed by atoms with E-state index < -0.39 is 0 Å². The molecular weight excluding hydrogens is 425 g/mol. The number of halogens is 2. The third-order valence-electron chi connectivity index (χ3n) is 3.86. The van der Waals surface area contributed by atoms with E-state index in [0.717, 1.165) is 0 Å². The van der Waals surface area contributed by atoms with E-state index in [1.165, 1.54) is 6.21 Å². The summed E-state index contributed by atoms with van der Waals surface area (Å²) in [5.74, 6) is -0.291. The molecule has 0 unspecified atom stereocenters. The highest BCUT2D eigenvalue weighted by Gasteiger charge is 2.07. The highest BCUT2D eigenvalue weighted by Crippen LogP contribution is 2.25. The largest absolute Gasteiger partial charge is 0.482 e. The Morgan fingerprint density at radius 3 is 2.40 bits per heavy atom. The van der Waals surface area contributed by atoms with E-state index in [2.05, 4.69) is 15.8 Å². The smallest absolute Gasteiger partial charge is 0.271 e. The molecule has 6 nitrogen and oxygen atoms in total. The number of amides is 2. The lowest BCUT2D eigenvalue weighted by molar-refractivity contribution is -0.118. The molecule has 0 aliphatic heterocycles. The third kappa shape index (κ3) is 6.34. The summed E-state index contributed by atoms with van der Waals surface area (Å²) in [7, 11) is 0. The van der Waals surface area contributed by atoms with Gasteiger partial charge in [0.2, 0.25) is 0 Å². The summed E-state index contributed by atoms with van der Waals surface area (Å²) in [6, 6.07) is 20.4. The molecule has 2 N–H and O–H groups in total. The lowest BCUT2D eigenvalue weighted by Gasteiger charge is -2.09. The maximum atomic E-state index is 12.0. The molecule has 0 radical (unpaired) electrons. The number of nitrogens with zero attached hydrogens (tertiary/aromatic N) is 1. The zero-order chi connectivity index (χ0) is 21.3. The van der Waals surface area contributed by atoms with E-state index in [0.29, 0.717) is 32.6 Å². The minimum atomic E-state index is -0.331. The van der Waals surface area contributed by atoms with Crippen LogP contribution in [0.4, 0.5) is 5.69 Å². The van der Waals surface area contributed by atoms with E-state index in [1.807, 2.05) is 6.07 Å². The Hall–Kier alpha value is -3.35. The zero-order valence-electron chi connectivity index (χ0n) is 15.6. The van der Waals surface area contributed by atoms with Crippen LogP contribution in [0.5, 0.6) is 5.75 Å². The molecule has 0 aromatic heterocycles. The molecule has 3 rings (SSSR count). The zero-order valence-corrected chi connectivity index (χ0v) is 17.2. The molecule has 3 aromatic rings. The molecule has 0 atom stereocenters. The first-order valence-electron chi connectivity index (χ1n) is 8.87. The fourth-order valence-electron chi connectivity index (χ4n) is 2.41. The van der Waals surface area contributed by atoms with E-state index in [1.54, 1.807) is 66.7 Å². The Morgan fingerprint density at radius 1 is 0.967 bits per heavy atom. The highest BCUT2D eigenvalue weighted by molar-refractivity contribution is 6.32. The van der Waals surface area contributed by atoms with Gasteiger partial charge < -0.3 is 10.1 Å². The van der Waals surface area contributed by atoms with Gasteiger partial charge in [0.15, 0.2) is 6.61 Å². The number of hydrazone groups is 1. The second kappa shape index (κ2) is 10.4. The van der Waals surface area contributed by atoms with Crippen molar-refractivity contribution in [3.63, 3.8) is 0 Å². The molecule has 152 valence electrons. The van der Waals surface area contributed by atoms with Gasteiger partial charge in [-0.05, 0) is 60.2 Å². The predicted octanol–water partition coefficient (Wildman–Crippen LogP) is 4.77. The summed E-state index contributed by atoms with van der Waals surface area (Å²) in [6.45, 7) is -0.205. The predicted molar refractivity (Wildman–Crippen MR) is 119 cm³/mol. The van der Waals surface area contributed by atoms with Crippen LogP contribution < -0.4 is 15.5 Å². The molecule has 0 saturated heterocycles. The Bertz CT molecular complexity index is 1050. The minimum absolute atomic E-state index is 0.205. The SMILES string of the molecule is O=C(COc1ccc(/C=N/NC(=O)c2ccccc2)cc1Cl)Nc1ccc(Cl)cc1. The fraction of sp³-hybridized carbons (Fsp3) is 0.0455. The minimum Gasteiger partial charge on any atom is -0.482 e. The molecule has 0 aliphatic rings. The molecule has 2 amide bonds. The lowest BCUT2D eigenvalue weighted by Crippen LogP contribution is -2.20. The van der Waals surface area contributed by atoms with Crippen LogP contribution in [0.15, 0.2) is 77.9 Å². The number of hydrogen-bond donors (Lipinski definition) is 2. The number of carbonyl (C=O) groups is 2. The van der Waals surface area contributed by atoms with Crippen LogP contribution in [-0.4, -0.2) is 24.6 Å². The summed E-state index contributed by atoms with van der Waals surface area (Å²) >= 11 is 12.0. The van der Waals surface area contributed by atoms with Gasteiger partial charge >= 0.3 is 0 Å². The van der Waals surface area contributed by atoms with E-state index in [4.69, 9.17) is 27.9 Å². The maximum Gasteiger partial charge on any atom is 0.271 e. The van der Waals surface area contributed by atoms with Crippen LogP contribution in [0, 0.1) is 0 Å². The van der Waals surface area contributed by atoms with Crippen molar-refractivity contribution in [1.29, 1.82) is 0 Å². The number of rotatable bonds is 7. The summed E-state index contributed by atoms with van der Waals surface area (Å²) < 4.78 is 5.47. The monoisotopic (exact) mass is 441 g/mol. The summed E-state index contributed by atoms with van der Waals surface area (Å²) in [4.78, 5) is 23.9. The van der Waals surface area contributed by atoms with Crippen LogP contribution in [0.2, 0.25) is 10.0 Å². The average molecular weight is 442 g/mol. The van der Waals surface area contributed by atoms with Crippen molar-refractivity contribution in [3.05, 3.63) is 94.0 Å². The van der Waals surface area contributed by atoms with Gasteiger partial charge in [0, 0.05) is 16.3 Å². The highest BCUT2D eigenvalue weighted by atomic mass is 35.5. The molecule has 30 heavy (non-hydrogen) atoms. The second-order valence-electron chi connectivity index (χ2n) is 6.10. The van der Waals surface area contributed by atoms with Crippen LogP contribution in [0.1, 0.15) is 15.9 Å². The average Bonchev–Trinajstić information content (AvgIpc) is 2.75. The Morgan fingerprint density at radius 2 is 1.70 bits per heavy atom. The Kier molecular flexibility index (Phi) is 7.43. The van der Waals surface area contributed by atoms with Gasteiger partial charge in [-0.3, -0.25) is 9.59 Å². The third-order valence-corrected chi connectivity index (χ3v) is 4.41. The van der Waals surface area contributed by atoms with Gasteiger partial charge in [0.1, 0.15) is 5.75 Å².